The molecule has 9 nitrogen and oxygen atoms in total. The fourth-order valence-electron chi connectivity index (χ4n) is 4.32. The van der Waals surface area contributed by atoms with E-state index in [4.69, 9.17) is 9.47 Å². The van der Waals surface area contributed by atoms with Crippen LogP contribution in [-0.4, -0.2) is 69.5 Å². The Labute approximate surface area is 244 Å². The molecule has 3 aromatic carbocycles. The van der Waals surface area contributed by atoms with Gasteiger partial charge in [0.25, 0.3) is 5.91 Å². The van der Waals surface area contributed by atoms with Gasteiger partial charge in [-0.15, -0.1) is 24.2 Å². The highest BCUT2D eigenvalue weighted by Crippen LogP contribution is 2.41. The number of hydrogen-bond donors (Lipinski definition) is 3. The average molecular weight is 587 g/mol. The number of thioether (sulfide) groups is 1. The summed E-state index contributed by atoms with van der Waals surface area (Å²) in [5.41, 5.74) is 2.24. The predicted octanol–water partition coefficient (Wildman–Crippen LogP) is 3.59. The van der Waals surface area contributed by atoms with Crippen molar-refractivity contribution in [1.29, 1.82) is 0 Å². The van der Waals surface area contributed by atoms with Crippen molar-refractivity contribution in [3.63, 3.8) is 0 Å². The van der Waals surface area contributed by atoms with Crippen molar-refractivity contribution in [2.45, 2.75) is 30.4 Å². The number of anilines is 2. The van der Waals surface area contributed by atoms with Crippen LogP contribution in [0.25, 0.3) is 10.8 Å². The summed E-state index contributed by atoms with van der Waals surface area (Å²) in [5.74, 6) is -0.451. The second-order valence-corrected chi connectivity index (χ2v) is 10.2. The minimum atomic E-state index is -0.749. The quantitative estimate of drug-likeness (QED) is 0.295. The van der Waals surface area contributed by atoms with Crippen LogP contribution in [0.3, 0.4) is 0 Å². The van der Waals surface area contributed by atoms with E-state index >= 15 is 0 Å². The van der Waals surface area contributed by atoms with Gasteiger partial charge < -0.3 is 30.3 Å². The molecule has 3 aromatic rings. The van der Waals surface area contributed by atoms with Gasteiger partial charge in [0.05, 0.1) is 42.1 Å². The first kappa shape index (κ1) is 31.4. The van der Waals surface area contributed by atoms with Gasteiger partial charge >= 0.3 is 0 Å². The van der Waals surface area contributed by atoms with Crippen molar-refractivity contribution in [3.8, 4) is 0 Å². The Hall–Kier alpha value is -3.15. The van der Waals surface area contributed by atoms with Crippen molar-refractivity contribution in [1.82, 2.24) is 10.6 Å². The second-order valence-electron chi connectivity index (χ2n) is 9.19. The van der Waals surface area contributed by atoms with Crippen LogP contribution in [0.5, 0.6) is 0 Å². The molecule has 4 rings (SSSR count). The van der Waals surface area contributed by atoms with Gasteiger partial charge in [-0.3, -0.25) is 14.4 Å². The number of fused-ring (bicyclic) bond motifs is 2. The predicted molar refractivity (Wildman–Crippen MR) is 161 cm³/mol. The standard InChI is InChI=1S/C29H34N4O5S.ClH/c1-19(30-2)28(35)32-24-18-39-27-23(31-26(34)17-38-15-14-37-3)12-7-13-25(27)33(29(24)36)16-21-10-6-9-20-8-4-5-11-22(20)21;/h4-13,19,24,30H,14-18H2,1-3H3,(H,31,34)(H,32,35);1H/t19-,24-;/m0./s1. The van der Waals surface area contributed by atoms with Gasteiger partial charge in [0.1, 0.15) is 12.6 Å². The summed E-state index contributed by atoms with van der Waals surface area (Å²) >= 11 is 1.43. The Morgan fingerprint density at radius 3 is 2.60 bits per heavy atom. The molecule has 0 fully saturated rings. The minimum Gasteiger partial charge on any atom is -0.382 e. The molecule has 1 aliphatic heterocycles. The Kier molecular flexibility index (Phi) is 11.8. The van der Waals surface area contributed by atoms with Crippen LogP contribution in [0.4, 0.5) is 11.4 Å². The van der Waals surface area contributed by atoms with Gasteiger partial charge in [-0.1, -0.05) is 48.5 Å². The van der Waals surface area contributed by atoms with Crippen LogP contribution >= 0.6 is 24.2 Å². The van der Waals surface area contributed by atoms with Crippen molar-refractivity contribution < 1.29 is 23.9 Å². The fourth-order valence-corrected chi connectivity index (χ4v) is 5.48. The molecule has 0 radical (unpaired) electrons. The van der Waals surface area contributed by atoms with E-state index in [1.807, 2.05) is 54.6 Å². The smallest absolute Gasteiger partial charge is 0.250 e. The van der Waals surface area contributed by atoms with Gasteiger partial charge in [0, 0.05) is 12.9 Å². The summed E-state index contributed by atoms with van der Waals surface area (Å²) in [5, 5.41) is 10.9. The number of halogens is 1. The first-order valence-electron chi connectivity index (χ1n) is 12.8. The largest absolute Gasteiger partial charge is 0.382 e. The molecule has 40 heavy (non-hydrogen) atoms. The monoisotopic (exact) mass is 586 g/mol. The summed E-state index contributed by atoms with van der Waals surface area (Å²) in [6, 6.07) is 18.4. The molecular weight excluding hydrogens is 552 g/mol. The molecule has 0 saturated heterocycles. The molecule has 1 heterocycles. The van der Waals surface area contributed by atoms with E-state index in [2.05, 4.69) is 16.0 Å². The first-order chi connectivity index (χ1) is 18.9. The molecule has 2 atom stereocenters. The lowest BCUT2D eigenvalue weighted by Crippen LogP contribution is -2.53. The molecule has 0 bridgehead atoms. The zero-order valence-corrected chi connectivity index (χ0v) is 24.4. The maximum atomic E-state index is 14.0. The topological polar surface area (TPSA) is 109 Å². The van der Waals surface area contributed by atoms with Crippen LogP contribution in [-0.2, 0) is 30.4 Å². The number of carbonyl (C=O) groups is 3. The summed E-state index contributed by atoms with van der Waals surface area (Å²) < 4.78 is 10.3. The van der Waals surface area contributed by atoms with Crippen LogP contribution in [0.1, 0.15) is 12.5 Å². The number of rotatable bonds is 11. The number of methoxy groups -OCH3 is 1. The van der Waals surface area contributed by atoms with Crippen LogP contribution in [0, 0.1) is 0 Å². The third-order valence-electron chi connectivity index (χ3n) is 6.53. The number of likely N-dealkylation sites (N-methyl/N-ethyl adjacent to an activating group) is 1. The zero-order valence-electron chi connectivity index (χ0n) is 22.8. The molecular formula is C29H35ClN4O5S. The molecule has 0 unspecified atom stereocenters. The SMILES string of the molecule is CN[C@@H](C)C(=O)N[C@H]1CSc2c(NC(=O)COCCOC)cccc2N(Cc2cccc3ccccc23)C1=O.Cl. The molecule has 3 N–H and O–H groups in total. The van der Waals surface area contributed by atoms with Gasteiger partial charge in [-0.2, -0.15) is 0 Å². The first-order valence-corrected chi connectivity index (χ1v) is 13.8. The number of hydrogen-bond acceptors (Lipinski definition) is 7. The summed E-state index contributed by atoms with van der Waals surface area (Å²) in [4.78, 5) is 41.8. The fraction of sp³-hybridized carbons (Fsp3) is 0.345. The Balaban J connectivity index is 0.00000441. The maximum Gasteiger partial charge on any atom is 0.250 e. The molecule has 11 heteroatoms. The van der Waals surface area contributed by atoms with Crippen molar-refractivity contribution in [2.75, 3.05) is 49.9 Å². The number of benzene rings is 3. The molecule has 0 saturated carbocycles. The van der Waals surface area contributed by atoms with Crippen molar-refractivity contribution in [2.24, 2.45) is 0 Å². The normalized spacial score (nSPS) is 15.5. The second kappa shape index (κ2) is 15.0. The van der Waals surface area contributed by atoms with Crippen molar-refractivity contribution >= 4 is 64.0 Å². The van der Waals surface area contributed by atoms with Gasteiger partial charge in [0.2, 0.25) is 11.8 Å². The van der Waals surface area contributed by atoms with Crippen LogP contribution < -0.4 is 20.9 Å². The molecule has 1 aliphatic rings. The van der Waals surface area contributed by atoms with E-state index in [0.29, 0.717) is 36.9 Å². The third-order valence-corrected chi connectivity index (χ3v) is 7.75. The third kappa shape index (κ3) is 7.52. The summed E-state index contributed by atoms with van der Waals surface area (Å²) in [7, 11) is 3.27. The maximum absolute atomic E-state index is 14.0. The highest BCUT2D eigenvalue weighted by atomic mass is 35.5. The van der Waals surface area contributed by atoms with Gasteiger partial charge in [-0.25, -0.2) is 0 Å². The van der Waals surface area contributed by atoms with Gasteiger partial charge in [0.15, 0.2) is 0 Å². The van der Waals surface area contributed by atoms with E-state index in [1.165, 1.54) is 11.8 Å². The van der Waals surface area contributed by atoms with E-state index in [9.17, 15) is 14.4 Å². The highest BCUT2D eigenvalue weighted by Gasteiger charge is 2.34. The van der Waals surface area contributed by atoms with Crippen molar-refractivity contribution in [3.05, 3.63) is 66.2 Å². The summed E-state index contributed by atoms with van der Waals surface area (Å²) in [6.07, 6.45) is 0. The van der Waals surface area contributed by atoms with E-state index in [0.717, 1.165) is 21.2 Å². The van der Waals surface area contributed by atoms with E-state index in [1.54, 1.807) is 32.0 Å². The van der Waals surface area contributed by atoms with Crippen LogP contribution in [0.15, 0.2) is 65.6 Å². The van der Waals surface area contributed by atoms with E-state index in [-0.39, 0.29) is 36.7 Å². The molecule has 214 valence electrons. The zero-order chi connectivity index (χ0) is 27.8. The molecule has 0 spiro atoms. The number of amides is 3. The molecule has 3 amide bonds. The molecule has 0 aliphatic carbocycles. The number of ether oxygens (including phenoxy) is 2. The minimum absolute atomic E-state index is 0. The highest BCUT2D eigenvalue weighted by molar-refractivity contribution is 7.99. The molecule has 0 aromatic heterocycles. The Morgan fingerprint density at radius 1 is 1.07 bits per heavy atom. The number of nitrogens with one attached hydrogen (secondary N) is 3. The Morgan fingerprint density at radius 2 is 1.82 bits per heavy atom. The lowest BCUT2D eigenvalue weighted by atomic mass is 10.0. The lowest BCUT2D eigenvalue weighted by Gasteiger charge is -2.27. The van der Waals surface area contributed by atoms with Gasteiger partial charge in [-0.05, 0) is 42.4 Å². The van der Waals surface area contributed by atoms with Crippen LogP contribution in [0.2, 0.25) is 0 Å². The number of nitrogens with zero attached hydrogens (tertiary/aromatic N) is 1. The lowest BCUT2D eigenvalue weighted by molar-refractivity contribution is -0.128. The number of carbonyl (C=O) groups excluding carboxylic acids is 3. The van der Waals surface area contributed by atoms with E-state index < -0.39 is 12.1 Å². The Bertz CT molecular complexity index is 1340. The summed E-state index contributed by atoms with van der Waals surface area (Å²) in [6.45, 7) is 2.64. The average Bonchev–Trinajstić information content (AvgIpc) is 3.08.